The molecule has 0 spiro atoms. The summed E-state index contributed by atoms with van der Waals surface area (Å²) in [5.41, 5.74) is 7.32. The summed E-state index contributed by atoms with van der Waals surface area (Å²) >= 11 is 0. The van der Waals surface area contributed by atoms with E-state index in [1.165, 1.54) is 6.07 Å². The number of halogens is 1. The molecule has 0 saturated heterocycles. The predicted molar refractivity (Wildman–Crippen MR) is 72.9 cm³/mol. The second-order valence-corrected chi connectivity index (χ2v) is 4.69. The van der Waals surface area contributed by atoms with Crippen molar-refractivity contribution in [3.05, 3.63) is 59.3 Å². The first-order valence-electron chi connectivity index (χ1n) is 6.33. The molecule has 0 aliphatic heterocycles. The van der Waals surface area contributed by atoms with Crippen LogP contribution < -0.4 is 5.73 Å². The van der Waals surface area contributed by atoms with E-state index in [1.54, 1.807) is 12.3 Å². The molecule has 1 atom stereocenters. The van der Waals surface area contributed by atoms with Gasteiger partial charge in [0.1, 0.15) is 11.6 Å². The summed E-state index contributed by atoms with van der Waals surface area (Å²) in [4.78, 5) is 2.04. The van der Waals surface area contributed by atoms with Gasteiger partial charge in [-0.15, -0.1) is 0 Å². The number of benzene rings is 1. The smallest absolute Gasteiger partial charge is 0.127 e. The Kier molecular flexibility index (Phi) is 4.35. The Morgan fingerprint density at radius 1 is 1.32 bits per heavy atom. The summed E-state index contributed by atoms with van der Waals surface area (Å²) in [6, 6.07) is 8.68. The first-order valence-corrected chi connectivity index (χ1v) is 6.33. The van der Waals surface area contributed by atoms with Crippen LogP contribution in [-0.2, 0) is 13.1 Å². The van der Waals surface area contributed by atoms with Crippen LogP contribution in [0, 0.1) is 5.82 Å². The third-order valence-corrected chi connectivity index (χ3v) is 3.47. The van der Waals surface area contributed by atoms with E-state index in [-0.39, 0.29) is 11.9 Å². The van der Waals surface area contributed by atoms with Crippen LogP contribution >= 0.6 is 0 Å². The molecule has 0 saturated carbocycles. The molecule has 2 aromatic rings. The third-order valence-electron chi connectivity index (χ3n) is 3.47. The van der Waals surface area contributed by atoms with Crippen LogP contribution in [0.25, 0.3) is 0 Å². The highest BCUT2D eigenvalue weighted by molar-refractivity contribution is 5.21. The van der Waals surface area contributed by atoms with Crippen molar-refractivity contribution >= 4 is 0 Å². The standard InChI is InChI=1S/C15H19FN2O/c1-11(13-5-3-4-6-14(13)16)18(2)10-15-12(9-17)7-8-19-15/h3-8,11H,9-10,17H2,1-2H3. The van der Waals surface area contributed by atoms with Gasteiger partial charge in [0.05, 0.1) is 12.8 Å². The molecule has 1 aromatic carbocycles. The normalized spacial score (nSPS) is 12.9. The predicted octanol–water partition coefficient (Wildman–Crippen LogP) is 3.07. The molecule has 4 heteroatoms. The van der Waals surface area contributed by atoms with Gasteiger partial charge in [0.15, 0.2) is 0 Å². The van der Waals surface area contributed by atoms with Crippen molar-refractivity contribution in [2.24, 2.45) is 5.73 Å². The van der Waals surface area contributed by atoms with E-state index in [9.17, 15) is 4.39 Å². The van der Waals surface area contributed by atoms with Gasteiger partial charge in [-0.3, -0.25) is 4.90 Å². The highest BCUT2D eigenvalue weighted by atomic mass is 19.1. The lowest BCUT2D eigenvalue weighted by atomic mass is 10.1. The van der Waals surface area contributed by atoms with Gasteiger partial charge in [0.25, 0.3) is 0 Å². The van der Waals surface area contributed by atoms with Crippen molar-refractivity contribution in [1.82, 2.24) is 4.90 Å². The van der Waals surface area contributed by atoms with Crippen molar-refractivity contribution < 1.29 is 8.81 Å². The first-order chi connectivity index (χ1) is 9.13. The molecule has 0 fully saturated rings. The topological polar surface area (TPSA) is 42.4 Å². The molecular weight excluding hydrogens is 243 g/mol. The highest BCUT2D eigenvalue weighted by Crippen LogP contribution is 2.24. The number of nitrogens with zero attached hydrogens (tertiary/aromatic N) is 1. The molecule has 19 heavy (non-hydrogen) atoms. The summed E-state index contributed by atoms with van der Waals surface area (Å²) < 4.78 is 19.2. The van der Waals surface area contributed by atoms with Gasteiger partial charge in [0.2, 0.25) is 0 Å². The zero-order valence-electron chi connectivity index (χ0n) is 11.3. The maximum Gasteiger partial charge on any atom is 0.127 e. The van der Waals surface area contributed by atoms with E-state index in [0.29, 0.717) is 18.7 Å². The fourth-order valence-electron chi connectivity index (χ4n) is 2.10. The molecule has 1 heterocycles. The number of hydrogen-bond acceptors (Lipinski definition) is 3. The monoisotopic (exact) mass is 262 g/mol. The number of hydrogen-bond donors (Lipinski definition) is 1. The third kappa shape index (κ3) is 3.03. The lowest BCUT2D eigenvalue weighted by molar-refractivity contribution is 0.227. The van der Waals surface area contributed by atoms with E-state index in [1.807, 2.05) is 37.1 Å². The molecule has 1 unspecified atom stereocenters. The van der Waals surface area contributed by atoms with Crippen LogP contribution in [0.3, 0.4) is 0 Å². The van der Waals surface area contributed by atoms with Crippen LogP contribution in [0.2, 0.25) is 0 Å². The zero-order chi connectivity index (χ0) is 13.8. The van der Waals surface area contributed by atoms with Gasteiger partial charge in [0, 0.05) is 23.7 Å². The Bertz CT molecular complexity index is 538. The van der Waals surface area contributed by atoms with Gasteiger partial charge >= 0.3 is 0 Å². The van der Waals surface area contributed by atoms with E-state index in [0.717, 1.165) is 11.3 Å². The Morgan fingerprint density at radius 2 is 2.05 bits per heavy atom. The van der Waals surface area contributed by atoms with Crippen LogP contribution in [0.5, 0.6) is 0 Å². The molecule has 2 rings (SSSR count). The Hall–Kier alpha value is -1.65. The second-order valence-electron chi connectivity index (χ2n) is 4.69. The maximum atomic E-state index is 13.8. The van der Waals surface area contributed by atoms with E-state index in [4.69, 9.17) is 10.2 Å². The van der Waals surface area contributed by atoms with Crippen molar-refractivity contribution in [2.45, 2.75) is 26.1 Å². The van der Waals surface area contributed by atoms with Crippen molar-refractivity contribution in [3.8, 4) is 0 Å². The van der Waals surface area contributed by atoms with Crippen molar-refractivity contribution in [2.75, 3.05) is 7.05 Å². The summed E-state index contributed by atoms with van der Waals surface area (Å²) in [5, 5.41) is 0. The Balaban J connectivity index is 2.12. The number of nitrogens with two attached hydrogens (primary N) is 1. The molecule has 0 aliphatic carbocycles. The van der Waals surface area contributed by atoms with Gasteiger partial charge in [-0.05, 0) is 26.1 Å². The van der Waals surface area contributed by atoms with Gasteiger partial charge in [-0.25, -0.2) is 4.39 Å². The molecule has 3 nitrogen and oxygen atoms in total. The molecule has 0 bridgehead atoms. The lowest BCUT2D eigenvalue weighted by Crippen LogP contribution is -2.23. The molecule has 0 amide bonds. The summed E-state index contributed by atoms with van der Waals surface area (Å²) in [5.74, 6) is 0.661. The SMILES string of the molecule is CC(c1ccccc1F)N(C)Cc1occc1CN. The van der Waals surface area contributed by atoms with Crippen LogP contribution in [0.15, 0.2) is 41.0 Å². The molecular formula is C15H19FN2O. The summed E-state index contributed by atoms with van der Waals surface area (Å²) in [6.07, 6.45) is 1.64. The lowest BCUT2D eigenvalue weighted by Gasteiger charge is -2.24. The molecule has 102 valence electrons. The van der Waals surface area contributed by atoms with E-state index >= 15 is 0 Å². The minimum absolute atomic E-state index is 0.0306. The summed E-state index contributed by atoms with van der Waals surface area (Å²) in [7, 11) is 1.94. The van der Waals surface area contributed by atoms with Crippen LogP contribution in [-0.4, -0.2) is 11.9 Å². The summed E-state index contributed by atoms with van der Waals surface area (Å²) in [6.45, 7) is 3.03. The average Bonchev–Trinajstić information content (AvgIpc) is 2.85. The molecule has 0 aliphatic rings. The van der Waals surface area contributed by atoms with Gasteiger partial charge in [-0.1, -0.05) is 18.2 Å². The Morgan fingerprint density at radius 3 is 2.74 bits per heavy atom. The second kappa shape index (κ2) is 5.99. The maximum absolute atomic E-state index is 13.8. The Labute approximate surface area is 112 Å². The minimum Gasteiger partial charge on any atom is -0.468 e. The van der Waals surface area contributed by atoms with Gasteiger partial charge in [-0.2, -0.15) is 0 Å². The first kappa shape index (κ1) is 13.8. The van der Waals surface area contributed by atoms with Crippen LogP contribution in [0.1, 0.15) is 29.9 Å². The molecule has 0 radical (unpaired) electrons. The fourth-order valence-corrected chi connectivity index (χ4v) is 2.10. The van der Waals surface area contributed by atoms with Crippen LogP contribution in [0.4, 0.5) is 4.39 Å². The minimum atomic E-state index is -0.180. The van der Waals surface area contributed by atoms with Crippen molar-refractivity contribution in [1.29, 1.82) is 0 Å². The quantitative estimate of drug-likeness (QED) is 0.900. The average molecular weight is 262 g/mol. The van der Waals surface area contributed by atoms with E-state index < -0.39 is 0 Å². The number of furan rings is 1. The zero-order valence-corrected chi connectivity index (χ0v) is 11.3. The number of rotatable bonds is 5. The molecule has 2 N–H and O–H groups in total. The van der Waals surface area contributed by atoms with E-state index in [2.05, 4.69) is 0 Å². The molecule has 1 aromatic heterocycles. The highest BCUT2D eigenvalue weighted by Gasteiger charge is 2.17. The fraction of sp³-hybridized carbons (Fsp3) is 0.333. The van der Waals surface area contributed by atoms with Gasteiger partial charge < -0.3 is 10.2 Å². The largest absolute Gasteiger partial charge is 0.468 e. The van der Waals surface area contributed by atoms with Crippen molar-refractivity contribution in [3.63, 3.8) is 0 Å².